The van der Waals surface area contributed by atoms with Gasteiger partial charge in [0.05, 0.1) is 7.11 Å². The Morgan fingerprint density at radius 3 is 2.45 bits per heavy atom. The lowest BCUT2D eigenvalue weighted by atomic mass is 9.74. The van der Waals surface area contributed by atoms with E-state index in [1.807, 2.05) is 30.3 Å². The van der Waals surface area contributed by atoms with Crippen LogP contribution in [0, 0.1) is 0 Å². The van der Waals surface area contributed by atoms with E-state index in [0.29, 0.717) is 36.7 Å². The van der Waals surface area contributed by atoms with Crippen LogP contribution in [0.2, 0.25) is 5.02 Å². The molecule has 0 bridgehead atoms. The second-order valence-corrected chi connectivity index (χ2v) is 10.5. The number of anilines is 3. The highest BCUT2D eigenvalue weighted by Crippen LogP contribution is 2.35. The Morgan fingerprint density at radius 1 is 1.00 bits per heavy atom. The number of ether oxygens (including phenoxy) is 2. The lowest BCUT2D eigenvalue weighted by molar-refractivity contribution is 0.0515. The average Bonchev–Trinajstić information content (AvgIpc) is 2.97. The van der Waals surface area contributed by atoms with Crippen molar-refractivity contribution >= 4 is 46.4 Å². The highest BCUT2D eigenvalue weighted by atomic mass is 35.5. The molecule has 38 heavy (non-hydrogen) atoms. The van der Waals surface area contributed by atoms with Gasteiger partial charge in [0.2, 0.25) is 11.8 Å². The summed E-state index contributed by atoms with van der Waals surface area (Å²) in [6.07, 6.45) is 1.77. The maximum atomic E-state index is 6.32. The van der Waals surface area contributed by atoms with E-state index >= 15 is 0 Å². The Morgan fingerprint density at radius 2 is 1.74 bits per heavy atom. The maximum absolute atomic E-state index is 6.32. The van der Waals surface area contributed by atoms with Crippen LogP contribution in [0.3, 0.4) is 0 Å². The molecule has 3 aromatic rings. The van der Waals surface area contributed by atoms with Gasteiger partial charge in [-0.3, -0.25) is 0 Å². The highest BCUT2D eigenvalue weighted by molar-refractivity contribution is 7.80. The second kappa shape index (κ2) is 12.1. The summed E-state index contributed by atoms with van der Waals surface area (Å²) in [5, 5.41) is 7.77. The molecule has 0 atom stereocenters. The zero-order chi connectivity index (χ0) is 26.4. The Hall–Kier alpha value is -3.14. The molecule has 0 amide bonds. The second-order valence-electron chi connectivity index (χ2n) is 9.61. The van der Waals surface area contributed by atoms with Crippen LogP contribution in [0.5, 0.6) is 5.88 Å². The molecule has 2 saturated heterocycles. The molecule has 2 aliphatic rings. The molecule has 0 unspecified atom stereocenters. The van der Waals surface area contributed by atoms with E-state index in [1.54, 1.807) is 7.11 Å². The molecule has 2 aromatic carbocycles. The zero-order valence-electron chi connectivity index (χ0n) is 21.5. The number of para-hydroxylation sites is 1. The molecule has 0 spiro atoms. The van der Waals surface area contributed by atoms with Crippen molar-refractivity contribution in [1.82, 2.24) is 15.3 Å². The fraction of sp³-hybridized carbons (Fsp3) is 0.393. The standard InChI is InChI=1S/C28H33ClN6O2S/c1-36-25-19-24(35-14-12-34(13-15-35)23-8-3-2-4-9-23)31-26(32-25)33-27(38)30-20-28(10-16-37-17-11-28)21-6-5-7-22(29)18-21/h2-9,18-19H,10-17,20H2,1H3,(H2,30,31,32,33,38). The van der Waals surface area contributed by atoms with E-state index in [4.69, 9.17) is 38.3 Å². The third-order valence-electron chi connectivity index (χ3n) is 7.32. The van der Waals surface area contributed by atoms with Crippen molar-refractivity contribution in [1.29, 1.82) is 0 Å². The molecule has 2 N–H and O–H groups in total. The van der Waals surface area contributed by atoms with Gasteiger partial charge in [0, 0.05) is 68.1 Å². The minimum absolute atomic E-state index is 0.117. The normalized spacial score (nSPS) is 17.1. The van der Waals surface area contributed by atoms with Crippen LogP contribution in [0.15, 0.2) is 60.7 Å². The van der Waals surface area contributed by atoms with E-state index in [-0.39, 0.29) is 5.41 Å². The van der Waals surface area contributed by atoms with Gasteiger partial charge in [-0.05, 0) is 54.9 Å². The van der Waals surface area contributed by atoms with Crippen molar-refractivity contribution in [2.24, 2.45) is 0 Å². The number of hydrogen-bond acceptors (Lipinski definition) is 7. The number of piperazine rings is 1. The molecule has 0 aliphatic carbocycles. The minimum Gasteiger partial charge on any atom is -0.481 e. The van der Waals surface area contributed by atoms with Crippen LogP contribution in [-0.4, -0.2) is 68.1 Å². The Labute approximate surface area is 234 Å². The van der Waals surface area contributed by atoms with Gasteiger partial charge in [-0.15, -0.1) is 0 Å². The molecule has 0 saturated carbocycles. The number of hydrogen-bond donors (Lipinski definition) is 2. The van der Waals surface area contributed by atoms with Crippen molar-refractivity contribution in [2.75, 3.05) is 68.2 Å². The maximum Gasteiger partial charge on any atom is 0.234 e. The predicted octanol–water partition coefficient (Wildman–Crippen LogP) is 4.50. The number of methoxy groups -OCH3 is 1. The summed E-state index contributed by atoms with van der Waals surface area (Å²) < 4.78 is 11.1. The number of aromatic nitrogens is 2. The Bertz CT molecular complexity index is 1230. The van der Waals surface area contributed by atoms with Crippen LogP contribution in [-0.2, 0) is 10.2 Å². The van der Waals surface area contributed by atoms with E-state index in [2.05, 4.69) is 55.7 Å². The van der Waals surface area contributed by atoms with Crippen LogP contribution < -0.4 is 25.2 Å². The number of halogens is 1. The first kappa shape index (κ1) is 26.5. The van der Waals surface area contributed by atoms with Crippen molar-refractivity contribution < 1.29 is 9.47 Å². The van der Waals surface area contributed by atoms with Crippen molar-refractivity contribution in [2.45, 2.75) is 18.3 Å². The molecule has 2 fully saturated rings. The molecule has 10 heteroatoms. The van der Waals surface area contributed by atoms with E-state index in [0.717, 1.165) is 49.9 Å². The molecule has 5 rings (SSSR count). The zero-order valence-corrected chi connectivity index (χ0v) is 23.1. The largest absolute Gasteiger partial charge is 0.481 e. The number of benzene rings is 2. The molecule has 2 aliphatic heterocycles. The molecule has 8 nitrogen and oxygen atoms in total. The first-order valence-electron chi connectivity index (χ1n) is 12.9. The van der Waals surface area contributed by atoms with Crippen LogP contribution in [0.4, 0.5) is 17.5 Å². The van der Waals surface area contributed by atoms with Gasteiger partial charge in [0.15, 0.2) is 5.11 Å². The Kier molecular flexibility index (Phi) is 8.46. The lowest BCUT2D eigenvalue weighted by Crippen LogP contribution is -2.47. The van der Waals surface area contributed by atoms with Gasteiger partial charge >= 0.3 is 0 Å². The van der Waals surface area contributed by atoms with Gasteiger partial charge in [0.25, 0.3) is 0 Å². The van der Waals surface area contributed by atoms with Gasteiger partial charge in [0.1, 0.15) is 5.82 Å². The van der Waals surface area contributed by atoms with Gasteiger partial charge in [-0.25, -0.2) is 0 Å². The fourth-order valence-electron chi connectivity index (χ4n) is 5.11. The quantitative estimate of drug-likeness (QED) is 0.412. The predicted molar refractivity (Wildman–Crippen MR) is 157 cm³/mol. The summed E-state index contributed by atoms with van der Waals surface area (Å²) in [4.78, 5) is 13.9. The van der Waals surface area contributed by atoms with Crippen molar-refractivity contribution in [3.8, 4) is 5.88 Å². The summed E-state index contributed by atoms with van der Waals surface area (Å²) in [6, 6.07) is 20.4. The molecule has 1 aromatic heterocycles. The van der Waals surface area contributed by atoms with Gasteiger partial charge in [-0.2, -0.15) is 9.97 Å². The summed E-state index contributed by atoms with van der Waals surface area (Å²) >= 11 is 12.0. The first-order valence-corrected chi connectivity index (χ1v) is 13.7. The summed E-state index contributed by atoms with van der Waals surface area (Å²) in [6.45, 7) is 5.58. The number of nitrogens with one attached hydrogen (secondary N) is 2. The average molecular weight is 553 g/mol. The molecule has 3 heterocycles. The van der Waals surface area contributed by atoms with Crippen molar-refractivity contribution in [3.63, 3.8) is 0 Å². The van der Waals surface area contributed by atoms with Crippen molar-refractivity contribution in [3.05, 3.63) is 71.2 Å². The van der Waals surface area contributed by atoms with E-state index in [1.165, 1.54) is 11.3 Å². The topological polar surface area (TPSA) is 74.8 Å². The van der Waals surface area contributed by atoms with Gasteiger partial charge < -0.3 is 29.9 Å². The summed E-state index contributed by atoms with van der Waals surface area (Å²) in [7, 11) is 1.61. The molecule has 200 valence electrons. The van der Waals surface area contributed by atoms with Crippen LogP contribution >= 0.6 is 23.8 Å². The summed E-state index contributed by atoms with van der Waals surface area (Å²) in [5.41, 5.74) is 2.32. The van der Waals surface area contributed by atoms with Gasteiger partial charge in [-0.1, -0.05) is 41.9 Å². The Balaban J connectivity index is 1.24. The summed E-state index contributed by atoms with van der Waals surface area (Å²) in [5.74, 6) is 1.71. The number of nitrogens with zero attached hydrogens (tertiary/aromatic N) is 4. The van der Waals surface area contributed by atoms with E-state index in [9.17, 15) is 0 Å². The molecular weight excluding hydrogens is 520 g/mol. The minimum atomic E-state index is -0.117. The number of thiocarbonyl (C=S) groups is 1. The third-order valence-corrected chi connectivity index (χ3v) is 7.80. The van der Waals surface area contributed by atoms with Crippen LogP contribution in [0.25, 0.3) is 0 Å². The fourth-order valence-corrected chi connectivity index (χ4v) is 5.46. The third kappa shape index (κ3) is 6.28. The molecular formula is C28H33ClN6O2S. The number of rotatable bonds is 7. The van der Waals surface area contributed by atoms with E-state index < -0.39 is 0 Å². The molecule has 0 radical (unpaired) electrons. The highest BCUT2D eigenvalue weighted by Gasteiger charge is 2.35. The SMILES string of the molecule is COc1cc(N2CCN(c3ccccc3)CC2)nc(NC(=S)NCC2(c3cccc(Cl)c3)CCOCC2)n1. The smallest absolute Gasteiger partial charge is 0.234 e. The first-order chi connectivity index (χ1) is 18.5. The van der Waals surface area contributed by atoms with Crippen LogP contribution in [0.1, 0.15) is 18.4 Å². The lowest BCUT2D eigenvalue weighted by Gasteiger charge is -2.38. The monoisotopic (exact) mass is 552 g/mol.